The van der Waals surface area contributed by atoms with Crippen molar-refractivity contribution in [3.63, 3.8) is 0 Å². The maximum absolute atomic E-state index is 13.0. The molecule has 0 radical (unpaired) electrons. The second-order valence-corrected chi connectivity index (χ2v) is 18.6. The molecule has 11 unspecified atom stereocenters. The van der Waals surface area contributed by atoms with Crippen LogP contribution >= 0.6 is 0 Å². The highest BCUT2D eigenvalue weighted by Gasteiger charge is 2.47. The number of aliphatic hydroxyl groups excluding tert-OH is 7. The van der Waals surface area contributed by atoms with Gasteiger partial charge in [0.05, 0.1) is 26.4 Å². The Morgan fingerprint density at radius 2 is 0.827 bits per heavy atom. The van der Waals surface area contributed by atoms with Crippen LogP contribution in [-0.2, 0) is 33.2 Å². The summed E-state index contributed by atoms with van der Waals surface area (Å²) < 4.78 is 34.2. The van der Waals surface area contributed by atoms with Crippen molar-refractivity contribution in [2.24, 2.45) is 0 Å². The Labute approximate surface area is 449 Å². The highest BCUT2D eigenvalue weighted by atomic mass is 16.7. The predicted molar refractivity (Wildman–Crippen MR) is 297 cm³/mol. The van der Waals surface area contributed by atoms with Crippen molar-refractivity contribution in [1.29, 1.82) is 0 Å². The van der Waals surface area contributed by atoms with Gasteiger partial charge in [-0.3, -0.25) is 4.79 Å². The molecule has 2 heterocycles. The number of unbranched alkanes of at least 4 members (excludes halogenated alkanes) is 6. The zero-order valence-electron chi connectivity index (χ0n) is 45.2. The fraction of sp³-hybridized carbons (Fsp3) is 0.623. The number of carbonyl (C=O) groups is 1. The number of esters is 1. The van der Waals surface area contributed by atoms with Gasteiger partial charge in [0.25, 0.3) is 0 Å². The van der Waals surface area contributed by atoms with Crippen LogP contribution in [-0.4, -0.2) is 142 Å². The van der Waals surface area contributed by atoms with Crippen LogP contribution in [0.3, 0.4) is 0 Å². The zero-order valence-corrected chi connectivity index (χ0v) is 45.2. The van der Waals surface area contributed by atoms with Crippen molar-refractivity contribution in [3.05, 3.63) is 134 Å². The van der Waals surface area contributed by atoms with Gasteiger partial charge < -0.3 is 64.2 Å². The second kappa shape index (κ2) is 46.2. The molecule has 0 saturated carbocycles. The monoisotopic (exact) mass is 1050 g/mol. The minimum Gasteiger partial charge on any atom is -0.457 e. The predicted octanol–water partition coefficient (Wildman–Crippen LogP) is 9.52. The lowest BCUT2D eigenvalue weighted by Crippen LogP contribution is -2.61. The van der Waals surface area contributed by atoms with Crippen LogP contribution in [0.25, 0.3) is 0 Å². The minimum atomic E-state index is -1.73. The fourth-order valence-corrected chi connectivity index (χ4v) is 7.72. The van der Waals surface area contributed by atoms with Crippen LogP contribution in [0, 0.1) is 0 Å². The van der Waals surface area contributed by atoms with E-state index in [-0.39, 0.29) is 19.6 Å². The lowest BCUT2D eigenvalue weighted by molar-refractivity contribution is -0.332. The highest BCUT2D eigenvalue weighted by molar-refractivity contribution is 5.69. The summed E-state index contributed by atoms with van der Waals surface area (Å²) in [5.41, 5.74) is 0. The molecule has 2 aliphatic heterocycles. The van der Waals surface area contributed by atoms with E-state index in [2.05, 4.69) is 148 Å². The van der Waals surface area contributed by atoms with Crippen molar-refractivity contribution < 1.29 is 69.0 Å². The number of hydrogen-bond donors (Lipinski definition) is 7. The standard InChI is InChI=1S/C61H96O14/c1-3-5-7-9-11-13-15-17-19-20-21-22-23-24-25-26-27-28-29-31-33-35-37-39-41-43-45-70-47-50(73-53(63)44-42-40-38-36-34-32-30-18-16-14-12-10-8-6-4-2)48-71-60-59(69)57(67)55(65)52(75-60)49-72-61-58(68)56(66)54(64)51(46-62)74-61/h5-8,11-14,17-19,21-22,24-25,27-28,30-31,33-34,36,50-52,54-62,64-69H,3-4,9-10,15-16,20,23,26,29,32,35,37-49H2,1-2H3/b7-5-,8-6-,13-11-,14-12-,19-17-,22-21-,25-24-,28-27-,30-18-,33-31-,36-34-. The first kappa shape index (κ1) is 67.2. The first-order valence-electron chi connectivity index (χ1n) is 27.8. The normalized spacial score (nSPS) is 25.7. The number of carbonyl (C=O) groups excluding carboxylic acids is 1. The van der Waals surface area contributed by atoms with E-state index in [0.29, 0.717) is 13.0 Å². The van der Waals surface area contributed by atoms with Crippen LogP contribution in [0.5, 0.6) is 0 Å². The SMILES string of the molecule is CC/C=C\C/C=C\C/C=C\C/C=C\C/C=C\C/C=C\C/C=C\CCCCCCOCC(COC1OC(COC2OC(CO)C(O)C(O)C2O)C(O)C(O)C1O)OC(=O)CCCC/C=C\C/C=C\C/C=C\C/C=C\CC. The summed E-state index contributed by atoms with van der Waals surface area (Å²) in [6.07, 6.45) is 49.5. The maximum atomic E-state index is 13.0. The van der Waals surface area contributed by atoms with Crippen LogP contribution in [0.1, 0.15) is 142 Å². The summed E-state index contributed by atoms with van der Waals surface area (Å²) in [6.45, 7) is 3.29. The minimum absolute atomic E-state index is 0.0165. The first-order chi connectivity index (χ1) is 36.6. The Hall–Kier alpha value is -3.87. The van der Waals surface area contributed by atoms with Crippen molar-refractivity contribution in [2.45, 2.75) is 210 Å². The Morgan fingerprint density at radius 3 is 1.28 bits per heavy atom. The molecule has 0 aromatic carbocycles. The number of hydrogen-bond acceptors (Lipinski definition) is 14. The van der Waals surface area contributed by atoms with E-state index in [9.17, 15) is 40.5 Å². The van der Waals surface area contributed by atoms with E-state index in [1.807, 2.05) is 0 Å². The number of rotatable bonds is 42. The lowest BCUT2D eigenvalue weighted by atomic mass is 9.98. The molecule has 0 bridgehead atoms. The summed E-state index contributed by atoms with van der Waals surface area (Å²) in [5, 5.41) is 72.3. The summed E-state index contributed by atoms with van der Waals surface area (Å²) >= 11 is 0. The van der Waals surface area contributed by atoms with Gasteiger partial charge in [-0.2, -0.15) is 0 Å². The molecule has 14 nitrogen and oxygen atoms in total. The summed E-state index contributed by atoms with van der Waals surface area (Å²) in [6, 6.07) is 0. The molecular formula is C61H96O14. The molecule has 0 amide bonds. The number of allylic oxidation sites excluding steroid dienone is 22. The third-order valence-corrected chi connectivity index (χ3v) is 12.2. The molecule has 0 aromatic heterocycles. The van der Waals surface area contributed by atoms with Gasteiger partial charge in [0.1, 0.15) is 54.9 Å². The average molecular weight is 1050 g/mol. The molecule has 2 saturated heterocycles. The van der Waals surface area contributed by atoms with Gasteiger partial charge in [0, 0.05) is 13.0 Å². The average Bonchev–Trinajstić information content (AvgIpc) is 3.41. The molecule has 424 valence electrons. The van der Waals surface area contributed by atoms with Crippen LogP contribution in [0.4, 0.5) is 0 Å². The molecule has 0 spiro atoms. The summed E-state index contributed by atoms with van der Waals surface area (Å²) in [5.74, 6) is -0.433. The van der Waals surface area contributed by atoms with Crippen LogP contribution in [0.15, 0.2) is 134 Å². The van der Waals surface area contributed by atoms with Crippen molar-refractivity contribution >= 4 is 5.97 Å². The van der Waals surface area contributed by atoms with E-state index in [1.54, 1.807) is 0 Å². The zero-order chi connectivity index (χ0) is 54.4. The topological polar surface area (TPSA) is 214 Å². The van der Waals surface area contributed by atoms with E-state index in [1.165, 1.54) is 0 Å². The fourth-order valence-electron chi connectivity index (χ4n) is 7.72. The van der Waals surface area contributed by atoms with Crippen molar-refractivity contribution in [2.75, 3.05) is 33.0 Å². The van der Waals surface area contributed by atoms with E-state index < -0.39 is 86.7 Å². The van der Waals surface area contributed by atoms with Crippen LogP contribution in [0.2, 0.25) is 0 Å². The van der Waals surface area contributed by atoms with Gasteiger partial charge in [0.2, 0.25) is 0 Å². The molecule has 2 aliphatic rings. The van der Waals surface area contributed by atoms with Gasteiger partial charge in [-0.1, -0.05) is 160 Å². The number of ether oxygens (including phenoxy) is 6. The molecule has 2 fully saturated rings. The molecule has 2 rings (SSSR count). The second-order valence-electron chi connectivity index (χ2n) is 18.6. The molecular weight excluding hydrogens is 957 g/mol. The summed E-state index contributed by atoms with van der Waals surface area (Å²) in [4.78, 5) is 13.0. The van der Waals surface area contributed by atoms with Gasteiger partial charge >= 0.3 is 5.97 Å². The third kappa shape index (κ3) is 33.1. The Kier molecular flexibility index (Phi) is 41.5. The Balaban J connectivity index is 1.76. The van der Waals surface area contributed by atoms with E-state index in [4.69, 9.17) is 28.4 Å². The quantitative estimate of drug-likeness (QED) is 0.0172. The molecule has 14 heteroatoms. The molecule has 0 aromatic rings. The summed E-state index contributed by atoms with van der Waals surface area (Å²) in [7, 11) is 0. The first-order valence-corrected chi connectivity index (χ1v) is 27.8. The largest absolute Gasteiger partial charge is 0.457 e. The Bertz CT molecular complexity index is 1740. The molecule has 75 heavy (non-hydrogen) atoms. The maximum Gasteiger partial charge on any atom is 0.306 e. The third-order valence-electron chi connectivity index (χ3n) is 12.2. The van der Waals surface area contributed by atoms with Gasteiger partial charge in [-0.05, 0) is 109 Å². The Morgan fingerprint density at radius 1 is 0.440 bits per heavy atom. The van der Waals surface area contributed by atoms with E-state index >= 15 is 0 Å². The van der Waals surface area contributed by atoms with Crippen molar-refractivity contribution in [3.8, 4) is 0 Å². The van der Waals surface area contributed by atoms with E-state index in [0.717, 1.165) is 116 Å². The number of aliphatic hydroxyl groups is 7. The lowest BCUT2D eigenvalue weighted by Gasteiger charge is -2.42. The van der Waals surface area contributed by atoms with Crippen LogP contribution < -0.4 is 0 Å². The van der Waals surface area contributed by atoms with Gasteiger partial charge in [-0.15, -0.1) is 0 Å². The highest BCUT2D eigenvalue weighted by Crippen LogP contribution is 2.26. The smallest absolute Gasteiger partial charge is 0.306 e. The van der Waals surface area contributed by atoms with Crippen molar-refractivity contribution in [1.82, 2.24) is 0 Å². The molecule has 7 N–H and O–H groups in total. The van der Waals surface area contributed by atoms with Gasteiger partial charge in [-0.25, -0.2) is 0 Å². The molecule has 11 atom stereocenters. The van der Waals surface area contributed by atoms with Gasteiger partial charge in [0.15, 0.2) is 12.6 Å². The molecule has 0 aliphatic carbocycles.